The van der Waals surface area contributed by atoms with E-state index in [9.17, 15) is 14.7 Å². The van der Waals surface area contributed by atoms with Gasteiger partial charge < -0.3 is 15.0 Å². The molecule has 200 valence electrons. The minimum Gasteiger partial charge on any atom is -0.392 e. The molecular formula is C28H28FN7O3. The molecule has 11 heteroatoms. The van der Waals surface area contributed by atoms with Crippen molar-refractivity contribution >= 4 is 22.3 Å². The van der Waals surface area contributed by atoms with Crippen molar-refractivity contribution in [3.05, 3.63) is 92.8 Å². The smallest absolute Gasteiger partial charge is 0.283 e. The van der Waals surface area contributed by atoms with Crippen LogP contribution in [0.4, 0.5) is 15.9 Å². The summed E-state index contributed by atoms with van der Waals surface area (Å²) in [5, 5.41) is 22.2. The highest BCUT2D eigenvalue weighted by Crippen LogP contribution is 2.30. The summed E-state index contributed by atoms with van der Waals surface area (Å²) in [5.74, 6) is -0.0917. The molecule has 5 rings (SSSR count). The summed E-state index contributed by atoms with van der Waals surface area (Å²) in [6.07, 6.45) is 6.26. The number of nitrogens with one attached hydrogen (secondary N) is 1. The fourth-order valence-corrected chi connectivity index (χ4v) is 4.48. The highest BCUT2D eigenvalue weighted by molar-refractivity contribution is 5.83. The van der Waals surface area contributed by atoms with Gasteiger partial charge in [-0.3, -0.25) is 14.3 Å². The highest BCUT2D eigenvalue weighted by Gasteiger charge is 2.21. The number of hydrogen-bond donors (Lipinski definition) is 2. The van der Waals surface area contributed by atoms with E-state index in [1.165, 1.54) is 23.0 Å². The van der Waals surface area contributed by atoms with Crippen molar-refractivity contribution in [1.82, 2.24) is 29.1 Å². The molecule has 0 spiro atoms. The van der Waals surface area contributed by atoms with Gasteiger partial charge in [0.15, 0.2) is 11.6 Å². The van der Waals surface area contributed by atoms with Crippen LogP contribution in [0.2, 0.25) is 0 Å². The first-order valence-electron chi connectivity index (χ1n) is 12.3. The molecule has 0 amide bonds. The van der Waals surface area contributed by atoms with Crippen molar-refractivity contribution in [2.45, 2.75) is 32.8 Å². The lowest BCUT2D eigenvalue weighted by molar-refractivity contribution is 0.281. The second kappa shape index (κ2) is 9.59. The number of rotatable bonds is 5. The third kappa shape index (κ3) is 4.72. The van der Waals surface area contributed by atoms with E-state index in [0.717, 1.165) is 10.2 Å². The summed E-state index contributed by atoms with van der Waals surface area (Å²) in [7, 11) is 3.38. The maximum atomic E-state index is 15.2. The first-order chi connectivity index (χ1) is 18.5. The first kappa shape index (κ1) is 26.0. The number of halogens is 1. The monoisotopic (exact) mass is 529 g/mol. The number of anilines is 2. The molecule has 0 aliphatic heterocycles. The van der Waals surface area contributed by atoms with Gasteiger partial charge in [-0.15, -0.1) is 0 Å². The maximum absolute atomic E-state index is 15.2. The van der Waals surface area contributed by atoms with Gasteiger partial charge in [-0.2, -0.15) is 14.9 Å². The molecule has 10 nitrogen and oxygen atoms in total. The fraction of sp³-hybridized carbons (Fsp3) is 0.250. The normalized spacial score (nSPS) is 11.8. The summed E-state index contributed by atoms with van der Waals surface area (Å²) in [6.45, 7) is 5.40. The lowest BCUT2D eigenvalue weighted by Crippen LogP contribution is -2.25. The predicted molar refractivity (Wildman–Crippen MR) is 147 cm³/mol. The molecule has 0 saturated heterocycles. The molecule has 0 radical (unpaired) electrons. The molecule has 2 N–H and O–H groups in total. The molecular weight excluding hydrogens is 501 g/mol. The topological polar surface area (TPSA) is 120 Å². The Morgan fingerprint density at radius 2 is 1.85 bits per heavy atom. The number of aliphatic hydroxyl groups is 1. The molecule has 0 aliphatic carbocycles. The Morgan fingerprint density at radius 3 is 2.51 bits per heavy atom. The number of pyridine rings is 2. The van der Waals surface area contributed by atoms with E-state index >= 15 is 4.39 Å². The highest BCUT2D eigenvalue weighted by atomic mass is 19.1. The molecule has 0 aliphatic rings. The molecule has 4 heterocycles. The zero-order chi connectivity index (χ0) is 28.1. The Labute approximate surface area is 223 Å². The SMILES string of the molecule is Cn1ccc(Nc2cc(-c3ccnc(-n4ncc5cc(C(C)(C)C)cc(F)c5c4=O)c3CO)cn(C)c2=O)n1. The van der Waals surface area contributed by atoms with Gasteiger partial charge >= 0.3 is 0 Å². The van der Waals surface area contributed by atoms with Crippen molar-refractivity contribution in [2.24, 2.45) is 14.1 Å². The zero-order valence-corrected chi connectivity index (χ0v) is 22.2. The molecule has 5 aromatic rings. The van der Waals surface area contributed by atoms with E-state index in [1.54, 1.807) is 55.4 Å². The third-order valence-electron chi connectivity index (χ3n) is 6.57. The third-order valence-corrected chi connectivity index (χ3v) is 6.57. The number of aryl methyl sites for hydroxylation is 2. The molecule has 39 heavy (non-hydrogen) atoms. The van der Waals surface area contributed by atoms with Gasteiger partial charge in [-0.1, -0.05) is 20.8 Å². The van der Waals surface area contributed by atoms with Gasteiger partial charge in [-0.05, 0) is 40.8 Å². The molecule has 1 aromatic carbocycles. The van der Waals surface area contributed by atoms with E-state index < -0.39 is 18.0 Å². The van der Waals surface area contributed by atoms with Crippen LogP contribution in [0.25, 0.3) is 27.7 Å². The molecule has 0 fully saturated rings. The van der Waals surface area contributed by atoms with Crippen molar-refractivity contribution in [2.75, 3.05) is 5.32 Å². The number of aromatic nitrogens is 6. The van der Waals surface area contributed by atoms with Crippen LogP contribution in [0.5, 0.6) is 0 Å². The minimum absolute atomic E-state index is 0.0642. The molecule has 0 atom stereocenters. The van der Waals surface area contributed by atoms with Gasteiger partial charge in [-0.25, -0.2) is 9.37 Å². The van der Waals surface area contributed by atoms with Crippen molar-refractivity contribution < 1.29 is 9.50 Å². The molecule has 4 aromatic heterocycles. The van der Waals surface area contributed by atoms with Gasteiger partial charge in [0.2, 0.25) is 0 Å². The van der Waals surface area contributed by atoms with E-state index in [1.807, 2.05) is 20.8 Å². The van der Waals surface area contributed by atoms with E-state index in [2.05, 4.69) is 20.5 Å². The van der Waals surface area contributed by atoms with E-state index in [0.29, 0.717) is 27.9 Å². The standard InChI is InChI=1S/C28H28FN7O3/c1-28(2,3)18-10-16-13-31-36(27(39)24(16)21(29)12-18)25-20(15-37)19(6-8-30-25)17-11-22(26(38)34(4)14-17)32-23-7-9-35(5)33-23/h6-14,37H,15H2,1-5H3,(H,32,33). The number of benzene rings is 1. The summed E-state index contributed by atoms with van der Waals surface area (Å²) < 4.78 is 19.2. The van der Waals surface area contributed by atoms with Crippen LogP contribution < -0.4 is 16.4 Å². The Kier molecular flexibility index (Phi) is 6.39. The van der Waals surface area contributed by atoms with Crippen LogP contribution in [0.15, 0.2) is 64.7 Å². The maximum Gasteiger partial charge on any atom is 0.283 e. The summed E-state index contributed by atoms with van der Waals surface area (Å²) in [6, 6.07) is 8.17. The van der Waals surface area contributed by atoms with Gasteiger partial charge in [0, 0.05) is 55.3 Å². The van der Waals surface area contributed by atoms with Gasteiger partial charge in [0.05, 0.1) is 18.2 Å². The Balaban J connectivity index is 1.66. The summed E-state index contributed by atoms with van der Waals surface area (Å²) >= 11 is 0. The number of hydrogen-bond acceptors (Lipinski definition) is 7. The van der Waals surface area contributed by atoms with Crippen LogP contribution in [0.3, 0.4) is 0 Å². The lowest BCUT2D eigenvalue weighted by atomic mass is 9.86. The molecule has 0 bridgehead atoms. The van der Waals surface area contributed by atoms with Crippen LogP contribution in [-0.4, -0.2) is 34.2 Å². The predicted octanol–water partition coefficient (Wildman–Crippen LogP) is 3.55. The Hall–Kier alpha value is -4.64. The zero-order valence-electron chi connectivity index (χ0n) is 22.2. The molecule has 0 unspecified atom stereocenters. The largest absolute Gasteiger partial charge is 0.392 e. The Bertz CT molecular complexity index is 1850. The second-order valence-electron chi connectivity index (χ2n) is 10.4. The minimum atomic E-state index is -0.692. The molecule has 0 saturated carbocycles. The summed E-state index contributed by atoms with van der Waals surface area (Å²) in [5.41, 5.74) is 1.13. The van der Waals surface area contributed by atoms with E-state index in [-0.39, 0.29) is 27.9 Å². The number of aliphatic hydroxyl groups excluding tert-OH is 1. The van der Waals surface area contributed by atoms with Crippen molar-refractivity contribution in [1.29, 1.82) is 0 Å². The van der Waals surface area contributed by atoms with Crippen molar-refractivity contribution in [3.63, 3.8) is 0 Å². The van der Waals surface area contributed by atoms with Crippen LogP contribution in [-0.2, 0) is 26.1 Å². The second-order valence-corrected chi connectivity index (χ2v) is 10.4. The van der Waals surface area contributed by atoms with Crippen LogP contribution in [0.1, 0.15) is 31.9 Å². The van der Waals surface area contributed by atoms with Crippen LogP contribution >= 0.6 is 0 Å². The van der Waals surface area contributed by atoms with E-state index in [4.69, 9.17) is 0 Å². The summed E-state index contributed by atoms with van der Waals surface area (Å²) in [4.78, 5) is 30.6. The van der Waals surface area contributed by atoms with Crippen molar-refractivity contribution in [3.8, 4) is 16.9 Å². The van der Waals surface area contributed by atoms with Gasteiger partial charge in [0.25, 0.3) is 11.1 Å². The number of nitrogens with zero attached hydrogens (tertiary/aromatic N) is 6. The fourth-order valence-electron chi connectivity index (χ4n) is 4.48. The average molecular weight is 530 g/mol. The first-order valence-corrected chi connectivity index (χ1v) is 12.3. The van der Waals surface area contributed by atoms with Gasteiger partial charge in [0.1, 0.15) is 11.5 Å². The Morgan fingerprint density at radius 1 is 1.08 bits per heavy atom. The number of fused-ring (bicyclic) bond motifs is 1. The average Bonchev–Trinajstić information content (AvgIpc) is 3.30. The lowest BCUT2D eigenvalue weighted by Gasteiger charge is -2.20. The van der Waals surface area contributed by atoms with Crippen LogP contribution in [0, 0.1) is 5.82 Å². The quantitative estimate of drug-likeness (QED) is 0.357.